The van der Waals surface area contributed by atoms with E-state index in [1.807, 2.05) is 53.7 Å². The lowest BCUT2D eigenvalue weighted by molar-refractivity contribution is -0.126. The SMILES string of the molecule is CCCCCCCCCCCC(=O)NC(CCS(C)(=O)=O)C(=O)Nc1c(C)cc(C)c(-c2nn(C(C)=O)c3cc(C(C)(C)C)nn23)c1C. The molecule has 0 saturated carbocycles. The van der Waals surface area contributed by atoms with E-state index in [1.54, 1.807) is 4.52 Å². The van der Waals surface area contributed by atoms with E-state index in [0.29, 0.717) is 34.7 Å². The van der Waals surface area contributed by atoms with Crippen LogP contribution >= 0.6 is 0 Å². The quantitative estimate of drug-likeness (QED) is 0.148. The summed E-state index contributed by atoms with van der Waals surface area (Å²) in [5.41, 5.74) is 4.73. The van der Waals surface area contributed by atoms with Gasteiger partial charge in [-0.05, 0) is 50.3 Å². The Morgan fingerprint density at radius 3 is 2.06 bits per heavy atom. The standard InChI is InChI=1S/C36H56N6O5S/c1-10-11-12-13-14-15-16-17-18-19-30(44)37-28(20-21-48(9,46)47)35(45)38-33-25(3)22-24(2)32(26(33)4)34-40-41(27(5)43)31-23-29(36(6,7)8)39-42(31)34/h22-23,28H,10-21H2,1-9H3,(H,37,44)(H,38,45). The number of anilines is 1. The molecule has 0 radical (unpaired) electrons. The average molecular weight is 685 g/mol. The molecule has 48 heavy (non-hydrogen) atoms. The van der Waals surface area contributed by atoms with Crippen LogP contribution in [0.5, 0.6) is 0 Å². The summed E-state index contributed by atoms with van der Waals surface area (Å²) in [5.74, 6) is -0.793. The van der Waals surface area contributed by atoms with Gasteiger partial charge >= 0.3 is 0 Å². The topological polar surface area (TPSA) is 145 Å². The lowest BCUT2D eigenvalue weighted by atomic mass is 9.93. The maximum absolute atomic E-state index is 13.7. The van der Waals surface area contributed by atoms with Crippen molar-refractivity contribution < 1.29 is 22.8 Å². The van der Waals surface area contributed by atoms with Crippen molar-refractivity contribution in [2.45, 2.75) is 137 Å². The Labute approximate surface area is 286 Å². The van der Waals surface area contributed by atoms with E-state index in [4.69, 9.17) is 5.10 Å². The van der Waals surface area contributed by atoms with Crippen LogP contribution in [0.2, 0.25) is 0 Å². The number of nitrogens with one attached hydrogen (secondary N) is 2. The van der Waals surface area contributed by atoms with Crippen molar-refractivity contribution in [2.24, 2.45) is 0 Å². The molecule has 1 unspecified atom stereocenters. The van der Waals surface area contributed by atoms with Crippen LogP contribution < -0.4 is 10.6 Å². The second kappa shape index (κ2) is 16.7. The summed E-state index contributed by atoms with van der Waals surface area (Å²) < 4.78 is 27.1. The van der Waals surface area contributed by atoms with Crippen LogP contribution in [0, 0.1) is 20.8 Å². The molecular formula is C36H56N6O5S. The fourth-order valence-corrected chi connectivity index (χ4v) is 6.68. The zero-order valence-corrected chi connectivity index (χ0v) is 31.3. The molecule has 2 N–H and O–H groups in total. The first-order valence-electron chi connectivity index (χ1n) is 17.3. The lowest BCUT2D eigenvalue weighted by Gasteiger charge is -2.22. The molecule has 266 valence electrons. The van der Waals surface area contributed by atoms with Crippen molar-refractivity contribution >= 4 is 38.9 Å². The van der Waals surface area contributed by atoms with Gasteiger partial charge in [-0.25, -0.2) is 8.42 Å². The number of amides is 2. The predicted molar refractivity (Wildman–Crippen MR) is 192 cm³/mol. The summed E-state index contributed by atoms with van der Waals surface area (Å²) in [6.07, 6.45) is 11.5. The summed E-state index contributed by atoms with van der Waals surface area (Å²) in [5, 5.41) is 15.2. The van der Waals surface area contributed by atoms with Crippen LogP contribution in [0.1, 0.15) is 132 Å². The van der Waals surface area contributed by atoms with Gasteiger partial charge in [-0.1, -0.05) is 85.1 Å². The number of nitrogens with zero attached hydrogens (tertiary/aromatic N) is 4. The summed E-state index contributed by atoms with van der Waals surface area (Å²) in [6.45, 7) is 15.5. The van der Waals surface area contributed by atoms with E-state index in [-0.39, 0.29) is 35.8 Å². The number of carbonyl (C=O) groups is 3. The van der Waals surface area contributed by atoms with Crippen molar-refractivity contribution in [3.05, 3.63) is 34.5 Å². The van der Waals surface area contributed by atoms with Crippen LogP contribution in [-0.4, -0.2) is 63.6 Å². The molecule has 3 rings (SSSR count). The first kappa shape index (κ1) is 38.9. The highest BCUT2D eigenvalue weighted by atomic mass is 32.2. The van der Waals surface area contributed by atoms with Crippen molar-refractivity contribution in [2.75, 3.05) is 17.3 Å². The number of sulfone groups is 1. The smallest absolute Gasteiger partial charge is 0.246 e. The number of aryl methyl sites for hydroxylation is 2. The summed E-state index contributed by atoms with van der Waals surface area (Å²) in [4.78, 5) is 39.2. The van der Waals surface area contributed by atoms with Gasteiger partial charge in [0.1, 0.15) is 15.9 Å². The molecule has 0 saturated heterocycles. The van der Waals surface area contributed by atoms with Gasteiger partial charge in [0.2, 0.25) is 17.7 Å². The Morgan fingerprint density at radius 2 is 1.50 bits per heavy atom. The molecule has 1 atom stereocenters. The Hall–Kier alpha value is -3.54. The highest BCUT2D eigenvalue weighted by molar-refractivity contribution is 7.90. The number of aromatic nitrogens is 4. The summed E-state index contributed by atoms with van der Waals surface area (Å²) in [6, 6.07) is 2.76. The number of unbranched alkanes of at least 4 members (excludes halogenated alkanes) is 8. The molecule has 1 aromatic carbocycles. The minimum absolute atomic E-state index is 0.0442. The van der Waals surface area contributed by atoms with Gasteiger partial charge in [-0.3, -0.25) is 14.4 Å². The van der Waals surface area contributed by atoms with E-state index in [1.165, 1.54) is 43.7 Å². The molecule has 0 aliphatic carbocycles. The molecule has 0 spiro atoms. The number of benzene rings is 1. The number of fused-ring (bicyclic) bond motifs is 1. The molecule has 0 aliphatic heterocycles. The van der Waals surface area contributed by atoms with E-state index in [9.17, 15) is 22.8 Å². The van der Waals surface area contributed by atoms with Gasteiger partial charge in [0, 0.05) is 42.3 Å². The van der Waals surface area contributed by atoms with Gasteiger partial charge < -0.3 is 10.6 Å². The van der Waals surface area contributed by atoms with Crippen LogP contribution in [-0.2, 0) is 24.8 Å². The first-order chi connectivity index (χ1) is 22.4. The molecule has 3 aromatic rings. The third-order valence-corrected chi connectivity index (χ3v) is 9.73. The van der Waals surface area contributed by atoms with Gasteiger partial charge in [-0.15, -0.1) is 5.10 Å². The normalized spacial score (nSPS) is 12.8. The van der Waals surface area contributed by atoms with Crippen LogP contribution in [0.15, 0.2) is 12.1 Å². The zero-order valence-electron chi connectivity index (χ0n) is 30.5. The Kier molecular flexibility index (Phi) is 13.5. The van der Waals surface area contributed by atoms with Crippen LogP contribution in [0.4, 0.5) is 5.69 Å². The second-order valence-electron chi connectivity index (χ2n) is 14.3. The van der Waals surface area contributed by atoms with Crippen molar-refractivity contribution in [1.29, 1.82) is 0 Å². The molecule has 2 heterocycles. The largest absolute Gasteiger partial charge is 0.344 e. The van der Waals surface area contributed by atoms with E-state index in [2.05, 4.69) is 22.7 Å². The fraction of sp³-hybridized carbons (Fsp3) is 0.639. The van der Waals surface area contributed by atoms with Gasteiger partial charge in [0.15, 0.2) is 11.5 Å². The highest BCUT2D eigenvalue weighted by Gasteiger charge is 2.28. The Bertz CT molecular complexity index is 1710. The molecule has 11 nitrogen and oxygen atoms in total. The third kappa shape index (κ3) is 10.5. The molecule has 0 aliphatic rings. The van der Waals surface area contributed by atoms with E-state index < -0.39 is 21.8 Å². The molecule has 0 bridgehead atoms. The van der Waals surface area contributed by atoms with E-state index in [0.717, 1.165) is 42.3 Å². The third-order valence-electron chi connectivity index (χ3n) is 8.75. The van der Waals surface area contributed by atoms with Crippen LogP contribution in [0.25, 0.3) is 17.0 Å². The van der Waals surface area contributed by atoms with Crippen molar-refractivity contribution in [3.8, 4) is 11.4 Å². The average Bonchev–Trinajstić information content (AvgIpc) is 3.57. The maximum atomic E-state index is 13.7. The Morgan fingerprint density at radius 1 is 0.896 bits per heavy atom. The number of hydrogen-bond acceptors (Lipinski definition) is 7. The monoisotopic (exact) mass is 684 g/mol. The fourth-order valence-electron chi connectivity index (χ4n) is 6.02. The first-order valence-corrected chi connectivity index (χ1v) is 19.4. The van der Waals surface area contributed by atoms with Crippen molar-refractivity contribution in [1.82, 2.24) is 24.7 Å². The minimum Gasteiger partial charge on any atom is -0.344 e. The van der Waals surface area contributed by atoms with E-state index >= 15 is 0 Å². The molecular weight excluding hydrogens is 628 g/mol. The number of rotatable bonds is 17. The number of hydrogen-bond donors (Lipinski definition) is 2. The van der Waals surface area contributed by atoms with Gasteiger partial charge in [-0.2, -0.15) is 14.3 Å². The maximum Gasteiger partial charge on any atom is 0.246 e. The van der Waals surface area contributed by atoms with Gasteiger partial charge in [0.25, 0.3) is 0 Å². The van der Waals surface area contributed by atoms with Crippen LogP contribution in [0.3, 0.4) is 0 Å². The molecule has 0 fully saturated rings. The minimum atomic E-state index is -3.38. The summed E-state index contributed by atoms with van der Waals surface area (Å²) >= 11 is 0. The predicted octanol–water partition coefficient (Wildman–Crippen LogP) is 6.86. The highest BCUT2D eigenvalue weighted by Crippen LogP contribution is 2.35. The molecule has 2 aromatic heterocycles. The molecule has 12 heteroatoms. The Balaban J connectivity index is 1.84. The van der Waals surface area contributed by atoms with Crippen molar-refractivity contribution in [3.63, 3.8) is 0 Å². The number of carbonyl (C=O) groups excluding carboxylic acids is 3. The summed E-state index contributed by atoms with van der Waals surface area (Å²) in [7, 11) is -3.38. The lowest BCUT2D eigenvalue weighted by Crippen LogP contribution is -2.45. The van der Waals surface area contributed by atoms with Gasteiger partial charge in [0.05, 0.1) is 11.4 Å². The molecule has 2 amide bonds. The second-order valence-corrected chi connectivity index (χ2v) is 16.6. The zero-order chi connectivity index (χ0) is 35.8.